The summed E-state index contributed by atoms with van der Waals surface area (Å²) in [4.78, 5) is 0. The van der Waals surface area contributed by atoms with E-state index in [4.69, 9.17) is 0 Å². The smallest absolute Gasteiger partial charge is 0.00206 e. The van der Waals surface area contributed by atoms with E-state index in [1.54, 1.807) is 0 Å². The molecule has 0 atom stereocenters. The number of hydrogen-bond acceptors (Lipinski definition) is 0. The fourth-order valence-electron chi connectivity index (χ4n) is 1.98. The predicted molar refractivity (Wildman–Crippen MR) is 78.2 cm³/mol. The van der Waals surface area contributed by atoms with Gasteiger partial charge >= 0.3 is 0 Å². The summed E-state index contributed by atoms with van der Waals surface area (Å²) < 4.78 is 0. The molecule has 0 aromatic heterocycles. The molecule has 0 nitrogen and oxygen atoms in total. The van der Waals surface area contributed by atoms with E-state index in [-0.39, 0.29) is 0 Å². The topological polar surface area (TPSA) is 0 Å². The van der Waals surface area contributed by atoms with Crippen molar-refractivity contribution in [1.82, 2.24) is 0 Å². The second-order valence-electron chi connectivity index (χ2n) is 4.24. The predicted octanol–water partition coefficient (Wildman–Crippen LogP) is 4.81. The minimum Gasteiger partial charge on any atom is -0.0622 e. The van der Waals surface area contributed by atoms with Crippen molar-refractivity contribution in [3.63, 3.8) is 0 Å². The summed E-state index contributed by atoms with van der Waals surface area (Å²) in [6.45, 7) is 0. The summed E-state index contributed by atoms with van der Waals surface area (Å²) in [7, 11) is 0. The van der Waals surface area contributed by atoms with Crippen LogP contribution < -0.4 is 0 Å². The lowest BCUT2D eigenvalue weighted by atomic mass is 10.1. The Balaban J connectivity index is 1.93. The van der Waals surface area contributed by atoms with Gasteiger partial charge < -0.3 is 0 Å². The van der Waals surface area contributed by atoms with E-state index in [0.29, 0.717) is 0 Å². The minimum absolute atomic E-state index is 1.11. The first-order chi connectivity index (χ1) is 8.92. The average molecular weight is 229 g/mol. The first kappa shape index (κ1) is 10.8. The summed E-state index contributed by atoms with van der Waals surface area (Å²) in [5, 5.41) is 2.39. The molecule has 0 fully saturated rings. The van der Waals surface area contributed by atoms with Gasteiger partial charge in [-0.1, -0.05) is 78.9 Å². The molecule has 0 bridgehead atoms. The van der Waals surface area contributed by atoms with Crippen LogP contribution in [0.3, 0.4) is 0 Å². The highest BCUT2D eigenvalue weighted by atomic mass is 14.0. The first-order valence-electron chi connectivity index (χ1n) is 6.06. The van der Waals surface area contributed by atoms with Crippen molar-refractivity contribution in [1.29, 1.82) is 0 Å². The van der Waals surface area contributed by atoms with E-state index in [1.807, 2.05) is 24.3 Å². The third-order valence-electron chi connectivity index (χ3n) is 2.94. The van der Waals surface area contributed by atoms with E-state index in [1.165, 1.54) is 10.9 Å². The Kier molecular flexibility index (Phi) is 2.93. The summed E-state index contributed by atoms with van der Waals surface area (Å²) in [5.74, 6) is 0. The van der Waals surface area contributed by atoms with E-state index in [2.05, 4.69) is 60.7 Å². The molecule has 85 valence electrons. The molecule has 3 aromatic carbocycles. The maximum Gasteiger partial charge on any atom is -0.00206 e. The summed E-state index contributed by atoms with van der Waals surface area (Å²) in [6.07, 6.45) is 4.21. The molecular weight excluding hydrogens is 216 g/mol. The van der Waals surface area contributed by atoms with E-state index in [0.717, 1.165) is 10.9 Å². The Bertz CT molecular complexity index is 678. The van der Waals surface area contributed by atoms with Gasteiger partial charge in [-0.25, -0.2) is 0 Å². The highest BCUT2D eigenvalue weighted by Crippen LogP contribution is 2.16. The molecular formula is C18H13. The lowest BCUT2D eigenvalue weighted by Crippen LogP contribution is -1.76. The molecule has 0 saturated carbocycles. The van der Waals surface area contributed by atoms with Crippen molar-refractivity contribution in [3.05, 3.63) is 83.9 Å². The largest absolute Gasteiger partial charge is 0.0622 e. The quantitative estimate of drug-likeness (QED) is 0.553. The number of hydrogen-bond donors (Lipinski definition) is 0. The Labute approximate surface area is 107 Å². The fourth-order valence-corrected chi connectivity index (χ4v) is 1.98. The summed E-state index contributed by atoms with van der Waals surface area (Å²) in [6, 6.07) is 26.2. The number of fused-ring (bicyclic) bond motifs is 1. The Morgan fingerprint density at radius 3 is 2.33 bits per heavy atom. The van der Waals surface area contributed by atoms with Gasteiger partial charge in [-0.2, -0.15) is 0 Å². The summed E-state index contributed by atoms with van der Waals surface area (Å²) >= 11 is 0. The first-order valence-corrected chi connectivity index (χ1v) is 6.06. The molecule has 0 N–H and O–H groups in total. The molecule has 0 saturated heterocycles. The van der Waals surface area contributed by atoms with Gasteiger partial charge in [0.2, 0.25) is 0 Å². The van der Waals surface area contributed by atoms with Crippen LogP contribution >= 0.6 is 0 Å². The maximum absolute atomic E-state index is 3.41. The van der Waals surface area contributed by atoms with Gasteiger partial charge in [0, 0.05) is 0 Å². The van der Waals surface area contributed by atoms with Crippen molar-refractivity contribution in [2.75, 3.05) is 0 Å². The van der Waals surface area contributed by atoms with Crippen LogP contribution in [0.2, 0.25) is 0 Å². The molecule has 0 aliphatic heterocycles. The minimum atomic E-state index is 1.11. The molecule has 3 rings (SSSR count). The molecule has 3 aromatic rings. The molecule has 0 aliphatic rings. The Morgan fingerprint density at radius 2 is 1.44 bits per heavy atom. The van der Waals surface area contributed by atoms with Gasteiger partial charge in [-0.05, 0) is 28.0 Å². The van der Waals surface area contributed by atoms with Crippen LogP contribution in [0.15, 0.2) is 66.7 Å². The SMILES string of the molecule is [c]1c(/C=C/c2ccccc2)ccc2ccccc12. The maximum atomic E-state index is 3.41. The van der Waals surface area contributed by atoms with Gasteiger partial charge in [0.1, 0.15) is 0 Å². The molecule has 18 heavy (non-hydrogen) atoms. The second kappa shape index (κ2) is 4.89. The van der Waals surface area contributed by atoms with Crippen LogP contribution in [0, 0.1) is 6.07 Å². The summed E-state index contributed by atoms with van der Waals surface area (Å²) in [5.41, 5.74) is 2.32. The monoisotopic (exact) mass is 229 g/mol. The van der Waals surface area contributed by atoms with Crippen molar-refractivity contribution < 1.29 is 0 Å². The highest BCUT2D eigenvalue weighted by molar-refractivity contribution is 5.85. The highest BCUT2D eigenvalue weighted by Gasteiger charge is 1.93. The number of rotatable bonds is 2. The lowest BCUT2D eigenvalue weighted by molar-refractivity contribution is 1.66. The van der Waals surface area contributed by atoms with Crippen molar-refractivity contribution in [2.24, 2.45) is 0 Å². The molecule has 0 heterocycles. The van der Waals surface area contributed by atoms with E-state index >= 15 is 0 Å². The zero-order valence-corrected chi connectivity index (χ0v) is 10.0. The number of benzene rings is 3. The lowest BCUT2D eigenvalue weighted by Gasteiger charge is -1.98. The van der Waals surface area contributed by atoms with Crippen LogP contribution in [0.4, 0.5) is 0 Å². The molecule has 0 aliphatic carbocycles. The van der Waals surface area contributed by atoms with Crippen LogP contribution in [-0.4, -0.2) is 0 Å². The zero-order chi connectivity index (χ0) is 12.2. The van der Waals surface area contributed by atoms with Crippen LogP contribution in [-0.2, 0) is 0 Å². The van der Waals surface area contributed by atoms with Crippen molar-refractivity contribution in [3.8, 4) is 0 Å². The Hall–Kier alpha value is -2.34. The van der Waals surface area contributed by atoms with E-state index in [9.17, 15) is 0 Å². The molecule has 0 heteroatoms. The third kappa shape index (κ3) is 2.33. The van der Waals surface area contributed by atoms with Gasteiger partial charge in [0.15, 0.2) is 0 Å². The Morgan fingerprint density at radius 1 is 0.667 bits per heavy atom. The van der Waals surface area contributed by atoms with Gasteiger partial charge in [0.05, 0.1) is 0 Å². The van der Waals surface area contributed by atoms with Crippen LogP contribution in [0.1, 0.15) is 11.1 Å². The standard InChI is InChI=1S/C18H13/c1-2-6-15(7-3-1)10-11-16-12-13-17-8-4-5-9-18(17)14-16/h1-13H/b11-10+. The van der Waals surface area contributed by atoms with Crippen molar-refractivity contribution >= 4 is 22.9 Å². The fraction of sp³-hybridized carbons (Fsp3) is 0. The van der Waals surface area contributed by atoms with Crippen molar-refractivity contribution in [2.45, 2.75) is 0 Å². The molecule has 1 radical (unpaired) electrons. The van der Waals surface area contributed by atoms with Gasteiger partial charge in [-0.15, -0.1) is 0 Å². The van der Waals surface area contributed by atoms with Crippen LogP contribution in [0.5, 0.6) is 0 Å². The third-order valence-corrected chi connectivity index (χ3v) is 2.94. The molecule has 0 unspecified atom stereocenters. The second-order valence-corrected chi connectivity index (χ2v) is 4.24. The average Bonchev–Trinajstić information content (AvgIpc) is 2.46. The normalized spacial score (nSPS) is 11.1. The zero-order valence-electron chi connectivity index (χ0n) is 10.0. The van der Waals surface area contributed by atoms with Gasteiger partial charge in [0.25, 0.3) is 0 Å². The molecule has 0 amide bonds. The van der Waals surface area contributed by atoms with Gasteiger partial charge in [-0.3, -0.25) is 0 Å². The van der Waals surface area contributed by atoms with E-state index < -0.39 is 0 Å². The molecule has 0 spiro atoms. The van der Waals surface area contributed by atoms with Crippen LogP contribution in [0.25, 0.3) is 22.9 Å².